The van der Waals surface area contributed by atoms with Crippen LogP contribution in [0, 0.1) is 13.8 Å². The molecule has 0 saturated heterocycles. The van der Waals surface area contributed by atoms with Crippen molar-refractivity contribution in [1.29, 1.82) is 0 Å². The highest BCUT2D eigenvalue weighted by Crippen LogP contribution is 2.23. The summed E-state index contributed by atoms with van der Waals surface area (Å²) in [6.07, 6.45) is 1.13. The van der Waals surface area contributed by atoms with E-state index in [0.29, 0.717) is 6.42 Å². The van der Waals surface area contributed by atoms with E-state index in [1.807, 2.05) is 27.7 Å². The highest BCUT2D eigenvalue weighted by Gasteiger charge is 2.20. The molecule has 1 amide bonds. The summed E-state index contributed by atoms with van der Waals surface area (Å²) in [7, 11) is 0. The third-order valence-corrected chi connectivity index (χ3v) is 2.69. The Bertz CT molecular complexity index is 366. The van der Waals surface area contributed by atoms with Gasteiger partial charge in [0.15, 0.2) is 0 Å². The van der Waals surface area contributed by atoms with Crippen LogP contribution in [0.15, 0.2) is 4.52 Å². The number of carbonyl (C=O) groups is 1. The first-order valence-corrected chi connectivity index (χ1v) is 5.93. The molecule has 1 aromatic heterocycles. The molecule has 0 aliphatic carbocycles. The van der Waals surface area contributed by atoms with Crippen LogP contribution in [-0.4, -0.2) is 17.1 Å². The molecule has 1 rings (SSSR count). The average molecular weight is 239 g/mol. The first-order valence-electron chi connectivity index (χ1n) is 5.93. The Morgan fingerprint density at radius 2 is 2.18 bits per heavy atom. The molecule has 1 heterocycles. The molecule has 2 atom stereocenters. The second-order valence-electron chi connectivity index (χ2n) is 4.45. The fraction of sp³-hybridized carbons (Fsp3) is 0.667. The third-order valence-electron chi connectivity index (χ3n) is 2.69. The number of nitrogens with two attached hydrogens (primary N) is 1. The van der Waals surface area contributed by atoms with Crippen molar-refractivity contribution in [1.82, 2.24) is 10.5 Å². The Balaban J connectivity index is 2.76. The smallest absolute Gasteiger partial charge is 0.222 e. The quantitative estimate of drug-likeness (QED) is 0.817. The topological polar surface area (TPSA) is 81.2 Å². The van der Waals surface area contributed by atoms with E-state index < -0.39 is 0 Å². The largest absolute Gasteiger partial charge is 0.361 e. The standard InChI is InChI=1S/C12H21N3O2/c1-5-10(14-11(16)6-7(2)13)12-8(3)15-17-9(12)4/h7,10H,5-6,13H2,1-4H3,(H,14,16). The van der Waals surface area contributed by atoms with Crippen molar-refractivity contribution in [2.45, 2.75) is 52.6 Å². The fourth-order valence-electron chi connectivity index (χ4n) is 1.91. The lowest BCUT2D eigenvalue weighted by atomic mass is 10.0. The van der Waals surface area contributed by atoms with Gasteiger partial charge in [0.1, 0.15) is 5.76 Å². The SMILES string of the molecule is CCC(NC(=O)CC(C)N)c1c(C)noc1C. The van der Waals surface area contributed by atoms with E-state index in [0.717, 1.165) is 23.4 Å². The van der Waals surface area contributed by atoms with Crippen molar-refractivity contribution in [3.8, 4) is 0 Å². The monoisotopic (exact) mass is 239 g/mol. The summed E-state index contributed by atoms with van der Waals surface area (Å²) in [6, 6.07) is -0.176. The van der Waals surface area contributed by atoms with Crippen LogP contribution in [0.25, 0.3) is 0 Å². The van der Waals surface area contributed by atoms with Crippen LogP contribution in [0.5, 0.6) is 0 Å². The number of nitrogens with one attached hydrogen (secondary N) is 1. The molecular formula is C12H21N3O2. The maximum atomic E-state index is 11.7. The minimum Gasteiger partial charge on any atom is -0.361 e. The van der Waals surface area contributed by atoms with Gasteiger partial charge in [-0.25, -0.2) is 0 Å². The number of hydrogen-bond donors (Lipinski definition) is 2. The molecule has 1 aromatic rings. The zero-order valence-corrected chi connectivity index (χ0v) is 10.9. The predicted octanol–water partition coefficient (Wildman–Crippen LogP) is 1.60. The van der Waals surface area contributed by atoms with Crippen LogP contribution >= 0.6 is 0 Å². The average Bonchev–Trinajstić information content (AvgIpc) is 2.54. The Morgan fingerprint density at radius 3 is 2.59 bits per heavy atom. The molecule has 0 aliphatic heterocycles. The number of hydrogen-bond acceptors (Lipinski definition) is 4. The summed E-state index contributed by atoms with van der Waals surface area (Å²) in [4.78, 5) is 11.7. The van der Waals surface area contributed by atoms with Gasteiger partial charge in [0, 0.05) is 18.0 Å². The molecule has 96 valence electrons. The third kappa shape index (κ3) is 3.56. The van der Waals surface area contributed by atoms with E-state index in [2.05, 4.69) is 10.5 Å². The molecule has 0 fully saturated rings. The van der Waals surface area contributed by atoms with Crippen molar-refractivity contribution in [2.75, 3.05) is 0 Å². The van der Waals surface area contributed by atoms with Gasteiger partial charge in [-0.3, -0.25) is 4.79 Å². The van der Waals surface area contributed by atoms with E-state index in [9.17, 15) is 4.79 Å². The van der Waals surface area contributed by atoms with Crippen LogP contribution in [0.1, 0.15) is 49.7 Å². The van der Waals surface area contributed by atoms with Gasteiger partial charge in [0.25, 0.3) is 0 Å². The Kier molecular flexibility index (Phi) is 4.69. The lowest BCUT2D eigenvalue weighted by molar-refractivity contribution is -0.122. The van der Waals surface area contributed by atoms with Crippen molar-refractivity contribution in [2.24, 2.45) is 5.73 Å². The van der Waals surface area contributed by atoms with E-state index in [1.165, 1.54) is 0 Å². The van der Waals surface area contributed by atoms with Crippen LogP contribution in [0.3, 0.4) is 0 Å². The van der Waals surface area contributed by atoms with Crippen molar-refractivity contribution in [3.05, 3.63) is 17.0 Å². The predicted molar refractivity (Wildman–Crippen MR) is 65.4 cm³/mol. The van der Waals surface area contributed by atoms with Gasteiger partial charge in [-0.2, -0.15) is 0 Å². The molecule has 5 nitrogen and oxygen atoms in total. The van der Waals surface area contributed by atoms with Crippen molar-refractivity contribution in [3.63, 3.8) is 0 Å². The van der Waals surface area contributed by atoms with Crippen molar-refractivity contribution < 1.29 is 9.32 Å². The van der Waals surface area contributed by atoms with Gasteiger partial charge in [-0.15, -0.1) is 0 Å². The molecule has 0 saturated carbocycles. The summed E-state index contributed by atoms with van der Waals surface area (Å²) in [5, 5.41) is 6.87. The highest BCUT2D eigenvalue weighted by molar-refractivity contribution is 5.77. The van der Waals surface area contributed by atoms with E-state index in [4.69, 9.17) is 10.3 Å². The molecule has 0 aliphatic rings. The summed E-state index contributed by atoms with van der Waals surface area (Å²) < 4.78 is 5.11. The maximum absolute atomic E-state index is 11.7. The van der Waals surface area contributed by atoms with Gasteiger partial charge < -0.3 is 15.6 Å². The number of nitrogens with zero attached hydrogens (tertiary/aromatic N) is 1. The number of aryl methyl sites for hydroxylation is 2. The minimum absolute atomic E-state index is 0.0353. The highest BCUT2D eigenvalue weighted by atomic mass is 16.5. The number of rotatable bonds is 5. The summed E-state index contributed by atoms with van der Waals surface area (Å²) in [5.41, 5.74) is 7.40. The van der Waals surface area contributed by atoms with Gasteiger partial charge in [0.05, 0.1) is 11.7 Å². The van der Waals surface area contributed by atoms with Crippen LogP contribution in [0.2, 0.25) is 0 Å². The second kappa shape index (κ2) is 5.82. The molecule has 5 heteroatoms. The number of carbonyl (C=O) groups excluding carboxylic acids is 1. The fourth-order valence-corrected chi connectivity index (χ4v) is 1.91. The van der Waals surface area contributed by atoms with Gasteiger partial charge >= 0.3 is 0 Å². The molecule has 0 radical (unpaired) electrons. The zero-order chi connectivity index (χ0) is 13.0. The van der Waals surface area contributed by atoms with E-state index in [-0.39, 0.29) is 18.0 Å². The molecule has 17 heavy (non-hydrogen) atoms. The Labute approximate surface area is 102 Å². The van der Waals surface area contributed by atoms with E-state index in [1.54, 1.807) is 0 Å². The normalized spacial score (nSPS) is 14.4. The van der Waals surface area contributed by atoms with Gasteiger partial charge in [0.2, 0.25) is 5.91 Å². The Hall–Kier alpha value is -1.36. The molecule has 0 aromatic carbocycles. The summed E-state index contributed by atoms with van der Waals surface area (Å²) in [5.74, 6) is 0.724. The first kappa shape index (κ1) is 13.7. The lowest BCUT2D eigenvalue weighted by Gasteiger charge is -2.17. The molecular weight excluding hydrogens is 218 g/mol. The molecule has 0 bridgehead atoms. The van der Waals surface area contributed by atoms with Crippen molar-refractivity contribution >= 4 is 5.91 Å². The zero-order valence-electron chi connectivity index (χ0n) is 10.9. The van der Waals surface area contributed by atoms with Crippen LogP contribution < -0.4 is 11.1 Å². The second-order valence-corrected chi connectivity index (χ2v) is 4.45. The lowest BCUT2D eigenvalue weighted by Crippen LogP contribution is -2.33. The summed E-state index contributed by atoms with van der Waals surface area (Å²) >= 11 is 0. The Morgan fingerprint density at radius 1 is 1.53 bits per heavy atom. The summed E-state index contributed by atoms with van der Waals surface area (Å²) in [6.45, 7) is 7.57. The minimum atomic E-state index is -0.128. The van der Waals surface area contributed by atoms with Gasteiger partial charge in [-0.1, -0.05) is 12.1 Å². The molecule has 2 unspecified atom stereocenters. The van der Waals surface area contributed by atoms with Gasteiger partial charge in [-0.05, 0) is 27.2 Å². The maximum Gasteiger partial charge on any atom is 0.222 e. The van der Waals surface area contributed by atoms with Crippen LogP contribution in [-0.2, 0) is 4.79 Å². The molecule has 3 N–H and O–H groups in total. The molecule has 0 spiro atoms. The number of aromatic nitrogens is 1. The van der Waals surface area contributed by atoms with E-state index >= 15 is 0 Å². The first-order chi connectivity index (χ1) is 7.95. The number of amides is 1. The van der Waals surface area contributed by atoms with Crippen LogP contribution in [0.4, 0.5) is 0 Å².